The molecule has 108 valence electrons. The molecule has 1 aromatic carbocycles. The van der Waals surface area contributed by atoms with Crippen LogP contribution in [-0.4, -0.2) is 28.6 Å². The molecule has 1 aliphatic carbocycles. The molecule has 1 saturated carbocycles. The van der Waals surface area contributed by atoms with Gasteiger partial charge in [-0.1, -0.05) is 0 Å². The van der Waals surface area contributed by atoms with Gasteiger partial charge >= 0.3 is 0 Å². The van der Waals surface area contributed by atoms with Crippen LogP contribution in [0.3, 0.4) is 0 Å². The number of alkyl halides is 1. The normalized spacial score (nSPS) is 22.8. The van der Waals surface area contributed by atoms with Crippen LogP contribution in [-0.2, 0) is 11.2 Å². The number of fused-ring (bicyclic) bond motifs is 1. The summed E-state index contributed by atoms with van der Waals surface area (Å²) < 4.78 is 21.0. The van der Waals surface area contributed by atoms with Crippen molar-refractivity contribution in [3.63, 3.8) is 0 Å². The molecule has 1 fully saturated rings. The van der Waals surface area contributed by atoms with Crippen LogP contribution in [0.25, 0.3) is 11.0 Å². The number of halogens is 2. The maximum atomic E-state index is 13.4. The highest BCUT2D eigenvalue weighted by Crippen LogP contribution is 2.35. The van der Waals surface area contributed by atoms with Gasteiger partial charge in [0.25, 0.3) is 0 Å². The van der Waals surface area contributed by atoms with E-state index < -0.39 is 0 Å². The first-order chi connectivity index (χ1) is 9.72. The minimum Gasteiger partial charge on any atom is -0.381 e. The first kappa shape index (κ1) is 13.8. The van der Waals surface area contributed by atoms with Gasteiger partial charge in [0, 0.05) is 31.5 Å². The number of aromatic nitrogens is 2. The van der Waals surface area contributed by atoms with E-state index >= 15 is 0 Å². The third-order valence-electron chi connectivity index (χ3n) is 4.10. The monoisotopic (exact) mass is 296 g/mol. The molecule has 1 aliphatic rings. The Balaban J connectivity index is 2.05. The molecule has 2 atom stereocenters. The minimum atomic E-state index is -0.249. The Kier molecular flexibility index (Phi) is 3.94. The van der Waals surface area contributed by atoms with Crippen LogP contribution in [0, 0.1) is 5.82 Å². The second kappa shape index (κ2) is 5.70. The molecule has 0 aliphatic heterocycles. The van der Waals surface area contributed by atoms with Crippen LogP contribution in [0.2, 0.25) is 0 Å². The van der Waals surface area contributed by atoms with E-state index in [-0.39, 0.29) is 5.82 Å². The molecule has 0 spiro atoms. The Morgan fingerprint density at radius 2 is 2.30 bits per heavy atom. The zero-order chi connectivity index (χ0) is 14.1. The summed E-state index contributed by atoms with van der Waals surface area (Å²) in [7, 11) is 1.76. The molecule has 0 saturated heterocycles. The quantitative estimate of drug-likeness (QED) is 0.805. The number of ether oxygens (including phenoxy) is 1. The third-order valence-corrected chi connectivity index (χ3v) is 4.29. The molecule has 0 N–H and O–H groups in total. The molecule has 0 bridgehead atoms. The smallest absolute Gasteiger partial charge is 0.125 e. The minimum absolute atomic E-state index is 0.249. The molecule has 1 heterocycles. The fourth-order valence-corrected chi connectivity index (χ4v) is 3.33. The molecule has 5 heteroatoms. The van der Waals surface area contributed by atoms with E-state index in [2.05, 4.69) is 9.55 Å². The van der Waals surface area contributed by atoms with Crippen molar-refractivity contribution in [3.05, 3.63) is 29.8 Å². The van der Waals surface area contributed by atoms with E-state index in [0.717, 1.165) is 30.6 Å². The predicted molar refractivity (Wildman–Crippen MR) is 77.8 cm³/mol. The van der Waals surface area contributed by atoms with Gasteiger partial charge in [-0.05, 0) is 31.4 Å². The largest absolute Gasteiger partial charge is 0.381 e. The van der Waals surface area contributed by atoms with E-state index in [1.54, 1.807) is 7.11 Å². The number of imidazole rings is 1. The Bertz CT molecular complexity index is 613. The van der Waals surface area contributed by atoms with E-state index in [4.69, 9.17) is 16.3 Å². The fraction of sp³-hybridized carbons (Fsp3) is 0.533. The summed E-state index contributed by atoms with van der Waals surface area (Å²) >= 11 is 5.88. The summed E-state index contributed by atoms with van der Waals surface area (Å²) in [4.78, 5) is 4.56. The zero-order valence-corrected chi connectivity index (χ0v) is 12.2. The summed E-state index contributed by atoms with van der Waals surface area (Å²) in [5, 5.41) is 0. The van der Waals surface area contributed by atoms with E-state index in [1.807, 2.05) is 6.07 Å². The van der Waals surface area contributed by atoms with Gasteiger partial charge in [-0.15, -0.1) is 11.6 Å². The highest BCUT2D eigenvalue weighted by molar-refractivity contribution is 6.17. The lowest BCUT2D eigenvalue weighted by atomic mass is 10.2. The molecule has 3 rings (SSSR count). The molecule has 2 aromatic rings. The molecule has 2 unspecified atom stereocenters. The number of aryl methyl sites for hydroxylation is 1. The van der Waals surface area contributed by atoms with Crippen molar-refractivity contribution in [2.75, 3.05) is 13.0 Å². The number of nitrogens with zero attached hydrogens (tertiary/aromatic N) is 2. The molecule has 3 nitrogen and oxygen atoms in total. The lowest BCUT2D eigenvalue weighted by Gasteiger charge is -2.16. The fourth-order valence-electron chi connectivity index (χ4n) is 3.16. The average Bonchev–Trinajstić information content (AvgIpc) is 3.02. The Hall–Kier alpha value is -1.13. The van der Waals surface area contributed by atoms with Crippen molar-refractivity contribution in [3.8, 4) is 0 Å². The van der Waals surface area contributed by atoms with Crippen LogP contribution >= 0.6 is 11.6 Å². The van der Waals surface area contributed by atoms with Crippen molar-refractivity contribution >= 4 is 22.6 Å². The number of hydrogen-bond acceptors (Lipinski definition) is 2. The van der Waals surface area contributed by atoms with Gasteiger partial charge < -0.3 is 9.30 Å². The van der Waals surface area contributed by atoms with Crippen molar-refractivity contribution in [2.45, 2.75) is 37.8 Å². The van der Waals surface area contributed by atoms with E-state index in [1.165, 1.54) is 12.1 Å². The summed E-state index contributed by atoms with van der Waals surface area (Å²) in [6.07, 6.45) is 4.11. The van der Waals surface area contributed by atoms with Crippen molar-refractivity contribution in [1.29, 1.82) is 0 Å². The molecule has 0 amide bonds. The summed E-state index contributed by atoms with van der Waals surface area (Å²) in [6, 6.07) is 5.17. The molecular formula is C15H18ClFN2O. The van der Waals surface area contributed by atoms with Crippen molar-refractivity contribution in [2.24, 2.45) is 0 Å². The second-order valence-corrected chi connectivity index (χ2v) is 5.67. The van der Waals surface area contributed by atoms with Crippen LogP contribution in [0.15, 0.2) is 18.2 Å². The standard InChI is InChI=1S/C15H18ClFN2O/c1-20-12-4-3-11(9-12)19-14-5-2-10(17)8-13(14)18-15(19)6-7-16/h2,5,8,11-12H,3-4,6-7,9H2,1H3. The molecular weight excluding hydrogens is 279 g/mol. The first-order valence-electron chi connectivity index (χ1n) is 6.98. The van der Waals surface area contributed by atoms with Gasteiger partial charge in [0.05, 0.1) is 17.1 Å². The van der Waals surface area contributed by atoms with Gasteiger partial charge in [0.15, 0.2) is 0 Å². The SMILES string of the molecule is COC1CCC(n2c(CCCl)nc3cc(F)ccc32)C1. The van der Waals surface area contributed by atoms with E-state index in [9.17, 15) is 4.39 Å². The highest BCUT2D eigenvalue weighted by atomic mass is 35.5. The van der Waals surface area contributed by atoms with Crippen LogP contribution in [0.5, 0.6) is 0 Å². The Morgan fingerprint density at radius 3 is 3.00 bits per heavy atom. The Labute approximate surface area is 122 Å². The number of rotatable bonds is 4. The van der Waals surface area contributed by atoms with Crippen LogP contribution < -0.4 is 0 Å². The van der Waals surface area contributed by atoms with Crippen molar-refractivity contribution in [1.82, 2.24) is 9.55 Å². The topological polar surface area (TPSA) is 27.1 Å². The maximum Gasteiger partial charge on any atom is 0.125 e. The van der Waals surface area contributed by atoms with Gasteiger partial charge in [-0.25, -0.2) is 9.37 Å². The first-order valence-corrected chi connectivity index (χ1v) is 7.51. The maximum absolute atomic E-state index is 13.4. The average molecular weight is 297 g/mol. The number of methoxy groups -OCH3 is 1. The van der Waals surface area contributed by atoms with Gasteiger partial charge in [-0.2, -0.15) is 0 Å². The van der Waals surface area contributed by atoms with Crippen molar-refractivity contribution < 1.29 is 9.13 Å². The van der Waals surface area contributed by atoms with Crippen LogP contribution in [0.1, 0.15) is 31.1 Å². The highest BCUT2D eigenvalue weighted by Gasteiger charge is 2.28. The van der Waals surface area contributed by atoms with Gasteiger partial charge in [0.1, 0.15) is 11.6 Å². The number of benzene rings is 1. The van der Waals surface area contributed by atoms with Crippen LogP contribution in [0.4, 0.5) is 4.39 Å². The molecule has 0 radical (unpaired) electrons. The summed E-state index contributed by atoms with van der Waals surface area (Å²) in [5.74, 6) is 1.22. The summed E-state index contributed by atoms with van der Waals surface area (Å²) in [6.45, 7) is 0. The van der Waals surface area contributed by atoms with E-state index in [0.29, 0.717) is 30.0 Å². The zero-order valence-electron chi connectivity index (χ0n) is 11.5. The number of hydrogen-bond donors (Lipinski definition) is 0. The second-order valence-electron chi connectivity index (χ2n) is 5.29. The molecule has 20 heavy (non-hydrogen) atoms. The lowest BCUT2D eigenvalue weighted by Crippen LogP contribution is -2.12. The predicted octanol–water partition coefficient (Wildman–Crippen LogP) is 3.70. The summed E-state index contributed by atoms with van der Waals surface area (Å²) in [5.41, 5.74) is 1.71. The van der Waals surface area contributed by atoms with Gasteiger partial charge in [-0.3, -0.25) is 0 Å². The Morgan fingerprint density at radius 1 is 1.45 bits per heavy atom. The third kappa shape index (κ3) is 2.42. The molecule has 1 aromatic heterocycles. The van der Waals surface area contributed by atoms with Gasteiger partial charge in [0.2, 0.25) is 0 Å². The lowest BCUT2D eigenvalue weighted by molar-refractivity contribution is 0.106.